The monoisotopic (exact) mass is 381 g/mol. The van der Waals surface area contributed by atoms with E-state index in [-0.39, 0.29) is 26.9 Å². The fourth-order valence-electron chi connectivity index (χ4n) is 2.24. The van der Waals surface area contributed by atoms with E-state index in [2.05, 4.69) is 0 Å². The van der Waals surface area contributed by atoms with Gasteiger partial charge in [-0.15, -0.1) is 0 Å². The number of halogens is 2. The molecule has 2 aromatic rings. The second kappa shape index (κ2) is 7.60. The first-order chi connectivity index (χ1) is 11.7. The molecule has 2 N–H and O–H groups in total. The number of carbonyl (C=O) groups excluding carboxylic acids is 2. The van der Waals surface area contributed by atoms with Crippen LogP contribution in [0.2, 0.25) is 10.0 Å². The molecule has 2 rings (SSSR count). The summed E-state index contributed by atoms with van der Waals surface area (Å²) in [6.45, 7) is 1.46. The van der Waals surface area contributed by atoms with E-state index < -0.39 is 22.7 Å². The minimum Gasteiger partial charge on any atom is -0.272 e. The number of benzene rings is 2. The quantitative estimate of drug-likeness (QED) is 0.377. The molecule has 1 unspecified atom stereocenters. The van der Waals surface area contributed by atoms with E-state index in [1.54, 1.807) is 18.2 Å². The highest BCUT2D eigenvalue weighted by Gasteiger charge is 2.29. The van der Waals surface area contributed by atoms with Crippen LogP contribution in [0.3, 0.4) is 0 Å². The lowest BCUT2D eigenvalue weighted by molar-refractivity contribution is -0.384. The van der Waals surface area contributed by atoms with Crippen molar-refractivity contribution in [2.75, 3.05) is 0 Å². The van der Waals surface area contributed by atoms with Crippen LogP contribution in [0.15, 0.2) is 42.5 Å². The van der Waals surface area contributed by atoms with Gasteiger partial charge in [0.2, 0.25) is 0 Å². The van der Waals surface area contributed by atoms with E-state index >= 15 is 0 Å². The molecule has 0 aliphatic rings. The molecular weight excluding hydrogens is 369 g/mol. The zero-order valence-electron chi connectivity index (χ0n) is 13.0. The molecule has 2 amide bonds. The third-order valence-corrected chi connectivity index (χ3v) is 4.18. The topological polar surface area (TPSA) is 107 Å². The lowest BCUT2D eigenvalue weighted by Gasteiger charge is -2.21. The number of imide groups is 1. The molecule has 0 spiro atoms. The number of non-ortho nitro benzene ring substituents is 1. The Morgan fingerprint density at radius 1 is 1.16 bits per heavy atom. The second-order valence-corrected chi connectivity index (χ2v) is 6.00. The van der Waals surface area contributed by atoms with E-state index in [1.807, 2.05) is 0 Å². The smallest absolute Gasteiger partial charge is 0.272 e. The molecule has 0 fully saturated rings. The van der Waals surface area contributed by atoms with Gasteiger partial charge in [0.15, 0.2) is 0 Å². The molecule has 0 aromatic heterocycles. The maximum Gasteiger partial charge on any atom is 0.274 e. The Balaban J connectivity index is 2.31. The Morgan fingerprint density at radius 2 is 1.68 bits per heavy atom. The van der Waals surface area contributed by atoms with Crippen molar-refractivity contribution < 1.29 is 14.5 Å². The van der Waals surface area contributed by atoms with Crippen molar-refractivity contribution in [1.29, 1.82) is 0 Å². The van der Waals surface area contributed by atoms with Crippen LogP contribution in [0.1, 0.15) is 28.8 Å². The minimum absolute atomic E-state index is 0.0550. The van der Waals surface area contributed by atoms with Gasteiger partial charge in [-0.2, -0.15) is 0 Å². The molecule has 2 aromatic carbocycles. The summed E-state index contributed by atoms with van der Waals surface area (Å²) in [7, 11) is 0. The highest BCUT2D eigenvalue weighted by molar-refractivity contribution is 6.37. The molecule has 9 heteroatoms. The van der Waals surface area contributed by atoms with Crippen LogP contribution in [0.4, 0.5) is 5.69 Å². The molecule has 0 aliphatic heterocycles. The van der Waals surface area contributed by atoms with Gasteiger partial charge < -0.3 is 0 Å². The molecule has 0 saturated heterocycles. The summed E-state index contributed by atoms with van der Waals surface area (Å²) in [5, 5.41) is 11.2. The first-order valence-electron chi connectivity index (χ1n) is 7.05. The molecule has 130 valence electrons. The summed E-state index contributed by atoms with van der Waals surface area (Å²) in [6, 6.07) is 10.2. The predicted octanol–water partition coefficient (Wildman–Crippen LogP) is 3.55. The summed E-state index contributed by atoms with van der Waals surface area (Å²) in [5.74, 6) is 3.24. The number of hydrazine groups is 1. The van der Waals surface area contributed by atoms with Gasteiger partial charge in [-0.05, 0) is 19.1 Å². The van der Waals surface area contributed by atoms with Crippen LogP contribution in [0.25, 0.3) is 0 Å². The first-order valence-corrected chi connectivity index (χ1v) is 7.81. The third-order valence-electron chi connectivity index (χ3n) is 3.56. The van der Waals surface area contributed by atoms with Gasteiger partial charge in [0, 0.05) is 23.3 Å². The van der Waals surface area contributed by atoms with E-state index in [0.29, 0.717) is 5.01 Å². The van der Waals surface area contributed by atoms with E-state index in [9.17, 15) is 19.7 Å². The van der Waals surface area contributed by atoms with Gasteiger partial charge in [0.05, 0.1) is 20.9 Å². The normalized spacial score (nSPS) is 11.7. The number of rotatable bonds is 4. The molecule has 0 saturated carbocycles. The average Bonchev–Trinajstić information content (AvgIpc) is 2.59. The molecule has 7 nitrogen and oxygen atoms in total. The van der Waals surface area contributed by atoms with Crippen molar-refractivity contribution in [3.8, 4) is 0 Å². The Kier molecular flexibility index (Phi) is 5.73. The highest BCUT2D eigenvalue weighted by Crippen LogP contribution is 2.36. The fourth-order valence-corrected chi connectivity index (χ4v) is 3.04. The zero-order chi connectivity index (χ0) is 18.7. The van der Waals surface area contributed by atoms with E-state index in [1.165, 1.54) is 19.1 Å². The molecule has 1 atom stereocenters. The molecule has 0 aliphatic carbocycles. The van der Waals surface area contributed by atoms with Crippen LogP contribution >= 0.6 is 23.2 Å². The Hall–Kier alpha value is -2.48. The third kappa shape index (κ3) is 3.96. The molecule has 0 heterocycles. The van der Waals surface area contributed by atoms with Gasteiger partial charge >= 0.3 is 0 Å². The summed E-state index contributed by atoms with van der Waals surface area (Å²) in [6.07, 6.45) is 0. The largest absolute Gasteiger partial charge is 0.274 e. The van der Waals surface area contributed by atoms with E-state index in [0.717, 1.165) is 12.1 Å². The van der Waals surface area contributed by atoms with Gasteiger partial charge in [0.1, 0.15) is 0 Å². The zero-order valence-corrected chi connectivity index (χ0v) is 14.5. The van der Waals surface area contributed by atoms with Crippen molar-refractivity contribution in [3.05, 3.63) is 73.8 Å². The van der Waals surface area contributed by atoms with E-state index in [4.69, 9.17) is 29.0 Å². The number of nitrogens with zero attached hydrogens (tertiary/aromatic N) is 2. The highest BCUT2D eigenvalue weighted by atomic mass is 35.5. The molecule has 0 radical (unpaired) electrons. The van der Waals surface area contributed by atoms with Crippen molar-refractivity contribution in [1.82, 2.24) is 5.01 Å². The Bertz CT molecular complexity index is 820. The van der Waals surface area contributed by atoms with Crippen molar-refractivity contribution in [2.45, 2.75) is 12.8 Å². The van der Waals surface area contributed by atoms with Crippen LogP contribution in [-0.2, 0) is 4.79 Å². The predicted molar refractivity (Wildman–Crippen MR) is 93.3 cm³/mol. The Labute approximate surface area is 153 Å². The second-order valence-electron chi connectivity index (χ2n) is 5.18. The van der Waals surface area contributed by atoms with Crippen molar-refractivity contribution in [3.63, 3.8) is 0 Å². The lowest BCUT2D eigenvalue weighted by Crippen LogP contribution is -2.44. The van der Waals surface area contributed by atoms with Crippen molar-refractivity contribution >= 4 is 40.7 Å². The summed E-state index contributed by atoms with van der Waals surface area (Å²) >= 11 is 12.1. The van der Waals surface area contributed by atoms with Crippen LogP contribution < -0.4 is 5.84 Å². The van der Waals surface area contributed by atoms with Gasteiger partial charge in [-0.25, -0.2) is 10.9 Å². The summed E-state index contributed by atoms with van der Waals surface area (Å²) in [4.78, 5) is 34.9. The molecule has 25 heavy (non-hydrogen) atoms. The number of amides is 2. The number of hydrogen-bond acceptors (Lipinski definition) is 5. The van der Waals surface area contributed by atoms with Crippen molar-refractivity contribution in [2.24, 2.45) is 5.84 Å². The number of hydrogen-bond donors (Lipinski definition) is 1. The van der Waals surface area contributed by atoms with Gasteiger partial charge in [-0.3, -0.25) is 19.7 Å². The van der Waals surface area contributed by atoms with Crippen LogP contribution in [0.5, 0.6) is 0 Å². The number of nitro benzene ring substituents is 1. The van der Waals surface area contributed by atoms with Crippen LogP contribution in [-0.4, -0.2) is 21.7 Å². The van der Waals surface area contributed by atoms with Crippen LogP contribution in [0, 0.1) is 10.1 Å². The average molecular weight is 382 g/mol. The molecule has 0 bridgehead atoms. The minimum atomic E-state index is -0.974. The molecular formula is C16H13Cl2N3O4. The standard InChI is InChI=1S/C16H13Cl2N3O4/c1-9(14-12(17)7-11(21(24)25)8-13(14)18)15(22)20(19)16(23)10-5-3-2-4-6-10/h2-9H,19H2,1H3. The lowest BCUT2D eigenvalue weighted by atomic mass is 9.99. The van der Waals surface area contributed by atoms with Gasteiger partial charge in [-0.1, -0.05) is 41.4 Å². The number of nitrogens with two attached hydrogens (primary N) is 1. The SMILES string of the molecule is CC(C(=O)N(N)C(=O)c1ccccc1)c1c(Cl)cc([N+](=O)[O-])cc1Cl. The summed E-state index contributed by atoms with van der Waals surface area (Å²) < 4.78 is 0. The number of carbonyl (C=O) groups is 2. The first kappa shape index (κ1) is 18.9. The van der Waals surface area contributed by atoms with Gasteiger partial charge in [0.25, 0.3) is 17.5 Å². The number of nitro groups is 1. The fraction of sp³-hybridized carbons (Fsp3) is 0.125. The maximum atomic E-state index is 12.5. The maximum absolute atomic E-state index is 12.5. The summed E-state index contributed by atoms with van der Waals surface area (Å²) in [5.41, 5.74) is 0.102. The Morgan fingerprint density at radius 3 is 2.16 bits per heavy atom.